The Hall–Kier alpha value is -2.43. The number of carbonyl (C=O) groups excluding carboxylic acids is 1. The Labute approximate surface area is 137 Å². The average molecular weight is 316 g/mol. The Bertz CT molecular complexity index is 660. The van der Waals surface area contributed by atoms with E-state index in [0.717, 1.165) is 28.5 Å². The molecule has 23 heavy (non-hydrogen) atoms. The van der Waals surface area contributed by atoms with Crippen LogP contribution < -0.4 is 14.8 Å². The summed E-state index contributed by atoms with van der Waals surface area (Å²) in [6, 6.07) is 9.43. The van der Waals surface area contributed by atoms with Crippen LogP contribution in [0, 0.1) is 13.8 Å². The van der Waals surface area contributed by atoms with Crippen LogP contribution in [0.2, 0.25) is 0 Å². The smallest absolute Gasteiger partial charge is 0.224 e. The van der Waals surface area contributed by atoms with Gasteiger partial charge < -0.3 is 19.4 Å². The number of hydrogen-bond donors (Lipinski definition) is 1. The molecule has 0 fully saturated rings. The molecule has 1 N–H and O–H groups in total. The minimum absolute atomic E-state index is 0.0111. The highest BCUT2D eigenvalue weighted by Gasteiger charge is 2.10. The van der Waals surface area contributed by atoms with Crippen LogP contribution in [0.3, 0.4) is 0 Å². The first-order valence-electron chi connectivity index (χ1n) is 7.66. The maximum Gasteiger partial charge on any atom is 0.224 e. The van der Waals surface area contributed by atoms with Gasteiger partial charge >= 0.3 is 0 Å². The fourth-order valence-corrected chi connectivity index (χ4v) is 2.38. The summed E-state index contributed by atoms with van der Waals surface area (Å²) in [4.78, 5) is 12.0. The molecule has 0 atom stereocenters. The molecular weight excluding hydrogens is 292 g/mol. The van der Waals surface area contributed by atoms with E-state index >= 15 is 0 Å². The molecule has 0 aliphatic heterocycles. The molecule has 0 bridgehead atoms. The normalized spacial score (nSPS) is 10.4. The van der Waals surface area contributed by atoms with Crippen molar-refractivity contribution in [1.29, 1.82) is 0 Å². The first-order chi connectivity index (χ1) is 11.0. The van der Waals surface area contributed by atoms with Crippen molar-refractivity contribution in [2.45, 2.75) is 20.3 Å². The Morgan fingerprint density at radius 1 is 1.17 bits per heavy atom. The van der Waals surface area contributed by atoms with E-state index < -0.39 is 0 Å². The van der Waals surface area contributed by atoms with Crippen LogP contribution in [0.4, 0.5) is 0 Å². The highest BCUT2D eigenvalue weighted by atomic mass is 16.5. The number of aromatic nitrogens is 1. The van der Waals surface area contributed by atoms with E-state index in [0.29, 0.717) is 19.6 Å². The SMILES string of the molecule is COc1ccc(OCCNC(=O)Cc2cc(C)n(C)c2C)cc1. The molecule has 5 nitrogen and oxygen atoms in total. The Balaban J connectivity index is 1.73. The van der Waals surface area contributed by atoms with E-state index in [1.165, 1.54) is 0 Å². The van der Waals surface area contributed by atoms with Gasteiger partial charge in [0.1, 0.15) is 18.1 Å². The number of aryl methyl sites for hydroxylation is 1. The predicted molar refractivity (Wildman–Crippen MR) is 90.1 cm³/mol. The van der Waals surface area contributed by atoms with Crippen LogP contribution in [0.15, 0.2) is 30.3 Å². The molecule has 0 aliphatic rings. The lowest BCUT2D eigenvalue weighted by Crippen LogP contribution is -2.29. The van der Waals surface area contributed by atoms with Gasteiger partial charge in [-0.1, -0.05) is 0 Å². The fourth-order valence-electron chi connectivity index (χ4n) is 2.38. The van der Waals surface area contributed by atoms with Crippen molar-refractivity contribution < 1.29 is 14.3 Å². The summed E-state index contributed by atoms with van der Waals surface area (Å²) < 4.78 is 12.8. The van der Waals surface area contributed by atoms with Crippen molar-refractivity contribution in [3.05, 3.63) is 47.3 Å². The second kappa shape index (κ2) is 7.72. The quantitative estimate of drug-likeness (QED) is 0.798. The van der Waals surface area contributed by atoms with Gasteiger partial charge in [0.25, 0.3) is 0 Å². The Morgan fingerprint density at radius 2 is 1.83 bits per heavy atom. The zero-order chi connectivity index (χ0) is 16.8. The molecule has 0 unspecified atom stereocenters. The van der Waals surface area contributed by atoms with Crippen LogP contribution in [-0.4, -0.2) is 30.7 Å². The summed E-state index contributed by atoms with van der Waals surface area (Å²) in [5.74, 6) is 1.56. The van der Waals surface area contributed by atoms with E-state index in [9.17, 15) is 4.79 Å². The zero-order valence-corrected chi connectivity index (χ0v) is 14.2. The number of amides is 1. The predicted octanol–water partition coefficient (Wildman–Crippen LogP) is 2.39. The first-order valence-corrected chi connectivity index (χ1v) is 7.66. The molecule has 0 spiro atoms. The number of nitrogens with zero attached hydrogens (tertiary/aromatic N) is 1. The average Bonchev–Trinajstić information content (AvgIpc) is 2.79. The summed E-state index contributed by atoms with van der Waals surface area (Å²) >= 11 is 0. The monoisotopic (exact) mass is 316 g/mol. The van der Waals surface area contributed by atoms with Crippen molar-refractivity contribution in [3.8, 4) is 11.5 Å². The van der Waals surface area contributed by atoms with Gasteiger partial charge in [-0.2, -0.15) is 0 Å². The highest BCUT2D eigenvalue weighted by Crippen LogP contribution is 2.16. The van der Waals surface area contributed by atoms with E-state index in [-0.39, 0.29) is 5.91 Å². The lowest BCUT2D eigenvalue weighted by Gasteiger charge is -2.08. The summed E-state index contributed by atoms with van der Waals surface area (Å²) in [7, 11) is 3.64. The molecule has 1 aromatic carbocycles. The number of benzene rings is 1. The van der Waals surface area contributed by atoms with Crippen LogP contribution >= 0.6 is 0 Å². The summed E-state index contributed by atoms with van der Waals surface area (Å²) in [5.41, 5.74) is 3.36. The minimum atomic E-state index is 0.0111. The molecule has 1 amide bonds. The Kier molecular flexibility index (Phi) is 5.68. The van der Waals surface area contributed by atoms with E-state index in [1.54, 1.807) is 7.11 Å². The molecule has 0 aliphatic carbocycles. The van der Waals surface area contributed by atoms with Gasteiger partial charge in [-0.05, 0) is 49.7 Å². The number of rotatable bonds is 7. The summed E-state index contributed by atoms with van der Waals surface area (Å²) in [6.07, 6.45) is 0.399. The molecule has 124 valence electrons. The fraction of sp³-hybridized carbons (Fsp3) is 0.389. The molecular formula is C18H24N2O3. The molecule has 0 saturated carbocycles. The lowest BCUT2D eigenvalue weighted by molar-refractivity contribution is -0.120. The van der Waals surface area contributed by atoms with Crippen LogP contribution in [0.5, 0.6) is 11.5 Å². The van der Waals surface area contributed by atoms with E-state index in [4.69, 9.17) is 9.47 Å². The second-order valence-electron chi connectivity index (χ2n) is 5.51. The summed E-state index contributed by atoms with van der Waals surface area (Å²) in [6.45, 7) is 4.99. The van der Waals surface area contributed by atoms with E-state index in [1.807, 2.05) is 45.2 Å². The van der Waals surface area contributed by atoms with Crippen molar-refractivity contribution in [2.24, 2.45) is 7.05 Å². The molecule has 2 rings (SSSR count). The topological polar surface area (TPSA) is 52.5 Å². The van der Waals surface area contributed by atoms with Gasteiger partial charge in [0, 0.05) is 18.4 Å². The molecule has 1 heterocycles. The zero-order valence-electron chi connectivity index (χ0n) is 14.2. The van der Waals surface area contributed by atoms with Gasteiger partial charge in [-0.15, -0.1) is 0 Å². The van der Waals surface area contributed by atoms with E-state index in [2.05, 4.69) is 16.0 Å². The number of hydrogen-bond acceptors (Lipinski definition) is 3. The van der Waals surface area contributed by atoms with Gasteiger partial charge in [-0.3, -0.25) is 4.79 Å². The molecule has 0 radical (unpaired) electrons. The summed E-state index contributed by atoms with van der Waals surface area (Å²) in [5, 5.41) is 2.88. The van der Waals surface area contributed by atoms with Crippen LogP contribution in [0.25, 0.3) is 0 Å². The molecule has 1 aromatic heterocycles. The van der Waals surface area contributed by atoms with Gasteiger partial charge in [0.05, 0.1) is 20.1 Å². The molecule has 0 saturated heterocycles. The third kappa shape index (κ3) is 4.52. The third-order valence-corrected chi connectivity index (χ3v) is 3.98. The number of methoxy groups -OCH3 is 1. The Morgan fingerprint density at radius 3 is 2.39 bits per heavy atom. The molecule has 5 heteroatoms. The second-order valence-corrected chi connectivity index (χ2v) is 5.51. The largest absolute Gasteiger partial charge is 0.497 e. The third-order valence-electron chi connectivity index (χ3n) is 3.98. The lowest BCUT2D eigenvalue weighted by atomic mass is 10.1. The highest BCUT2D eigenvalue weighted by molar-refractivity contribution is 5.78. The minimum Gasteiger partial charge on any atom is -0.497 e. The van der Waals surface area contributed by atoms with Gasteiger partial charge in [0.2, 0.25) is 5.91 Å². The maximum atomic E-state index is 12.0. The van der Waals surface area contributed by atoms with Gasteiger partial charge in [-0.25, -0.2) is 0 Å². The number of nitrogens with one attached hydrogen (secondary N) is 1. The first kappa shape index (κ1) is 16.9. The van der Waals surface area contributed by atoms with Crippen LogP contribution in [0.1, 0.15) is 17.0 Å². The van der Waals surface area contributed by atoms with Crippen molar-refractivity contribution >= 4 is 5.91 Å². The van der Waals surface area contributed by atoms with Crippen LogP contribution in [-0.2, 0) is 18.3 Å². The number of ether oxygens (including phenoxy) is 2. The standard InChI is InChI=1S/C18H24N2O3/c1-13-11-15(14(2)20(13)3)12-18(21)19-9-10-23-17-7-5-16(22-4)6-8-17/h5-8,11H,9-10,12H2,1-4H3,(H,19,21). The van der Waals surface area contributed by atoms with Gasteiger partial charge in [0.15, 0.2) is 0 Å². The maximum absolute atomic E-state index is 12.0. The van der Waals surface area contributed by atoms with Crippen molar-refractivity contribution in [2.75, 3.05) is 20.3 Å². The molecule has 2 aromatic rings. The number of carbonyl (C=O) groups is 1. The van der Waals surface area contributed by atoms with Crippen molar-refractivity contribution in [1.82, 2.24) is 9.88 Å². The van der Waals surface area contributed by atoms with Crippen molar-refractivity contribution in [3.63, 3.8) is 0 Å².